The summed E-state index contributed by atoms with van der Waals surface area (Å²) in [7, 11) is -0.917. The van der Waals surface area contributed by atoms with Gasteiger partial charge in [0.25, 0.3) is 0 Å². The van der Waals surface area contributed by atoms with Crippen molar-refractivity contribution in [3.63, 3.8) is 0 Å². The Morgan fingerprint density at radius 3 is 2.27 bits per heavy atom. The van der Waals surface area contributed by atoms with Crippen molar-refractivity contribution < 1.29 is 9.00 Å². The maximum absolute atomic E-state index is 11.6. The van der Waals surface area contributed by atoms with E-state index in [1.165, 1.54) is 0 Å². The second kappa shape index (κ2) is 5.61. The summed E-state index contributed by atoms with van der Waals surface area (Å²) in [4.78, 5) is 11.6. The van der Waals surface area contributed by atoms with Crippen LogP contribution in [0.4, 0.5) is 0 Å². The molecule has 0 spiro atoms. The minimum Gasteiger partial charge on any atom is -0.354 e. The third-order valence-electron chi connectivity index (χ3n) is 2.35. The Balaban J connectivity index is 4.11. The lowest BCUT2D eigenvalue weighted by Gasteiger charge is -2.26. The van der Waals surface area contributed by atoms with E-state index in [2.05, 4.69) is 5.32 Å². The Labute approximate surface area is 94.4 Å². The Bertz CT molecular complexity index is 248. The maximum atomic E-state index is 11.6. The summed E-state index contributed by atoms with van der Waals surface area (Å²) >= 11 is 0. The average Bonchev–Trinajstić information content (AvgIpc) is 2.10. The van der Waals surface area contributed by atoms with Crippen LogP contribution in [0.25, 0.3) is 0 Å². The van der Waals surface area contributed by atoms with E-state index < -0.39 is 16.8 Å². The lowest BCUT2D eigenvalue weighted by molar-refractivity contribution is -0.124. The van der Waals surface area contributed by atoms with Gasteiger partial charge in [0, 0.05) is 28.9 Å². The molecule has 0 saturated heterocycles. The summed E-state index contributed by atoms with van der Waals surface area (Å²) in [5, 5.41) is 2.67. The highest BCUT2D eigenvalue weighted by atomic mass is 32.2. The highest BCUT2D eigenvalue weighted by molar-refractivity contribution is 7.84. The molecule has 90 valence electrons. The molecule has 0 heterocycles. The highest BCUT2D eigenvalue weighted by Gasteiger charge is 2.27. The van der Waals surface area contributed by atoms with Crippen LogP contribution in [0.5, 0.6) is 0 Å². The Kier molecular flexibility index (Phi) is 5.45. The van der Waals surface area contributed by atoms with Crippen LogP contribution < -0.4 is 11.1 Å². The predicted octanol–water partition coefficient (Wildman–Crippen LogP) is 0.243. The van der Waals surface area contributed by atoms with Gasteiger partial charge in [-0.05, 0) is 12.3 Å². The normalized spacial score (nSPS) is 18.0. The Morgan fingerprint density at radius 1 is 1.47 bits per heavy atom. The quantitative estimate of drug-likeness (QED) is 0.732. The molecule has 0 aromatic rings. The number of rotatable bonds is 4. The largest absolute Gasteiger partial charge is 0.354 e. The summed E-state index contributed by atoms with van der Waals surface area (Å²) < 4.78 is 11.1. The lowest BCUT2D eigenvalue weighted by atomic mass is 9.87. The molecule has 0 aliphatic carbocycles. The van der Waals surface area contributed by atoms with E-state index in [4.69, 9.17) is 5.73 Å². The molecule has 3 N–H and O–H groups in total. The molecule has 0 radical (unpaired) electrons. The summed E-state index contributed by atoms with van der Waals surface area (Å²) in [6, 6.07) is -0.532. The average molecular weight is 234 g/mol. The van der Waals surface area contributed by atoms with Crippen LogP contribution in [0.15, 0.2) is 0 Å². The van der Waals surface area contributed by atoms with Crippen LogP contribution in [0.2, 0.25) is 0 Å². The first-order valence-electron chi connectivity index (χ1n) is 5.01. The summed E-state index contributed by atoms with van der Waals surface area (Å²) in [6.07, 6.45) is 1.63. The maximum Gasteiger partial charge on any atom is 0.237 e. The predicted molar refractivity (Wildman–Crippen MR) is 64.0 cm³/mol. The van der Waals surface area contributed by atoms with Crippen molar-refractivity contribution in [3.05, 3.63) is 0 Å². The van der Waals surface area contributed by atoms with E-state index >= 15 is 0 Å². The van der Waals surface area contributed by atoms with Crippen LogP contribution in [0.1, 0.15) is 27.7 Å². The summed E-state index contributed by atoms with van der Waals surface area (Å²) in [5.74, 6) is -0.181. The molecule has 4 nitrogen and oxygen atoms in total. The molecule has 0 aromatic heterocycles. The van der Waals surface area contributed by atoms with Crippen LogP contribution in [0.3, 0.4) is 0 Å². The highest BCUT2D eigenvalue weighted by Crippen LogP contribution is 2.17. The molecular weight excluding hydrogens is 212 g/mol. The SMILES string of the molecule is CC(CNC(=O)[C@H](N)C(C)(C)C)S(C)=O. The van der Waals surface area contributed by atoms with Gasteiger partial charge in [-0.1, -0.05) is 20.8 Å². The fraction of sp³-hybridized carbons (Fsp3) is 0.900. The minimum atomic E-state index is -0.917. The Hall–Kier alpha value is -0.420. The first kappa shape index (κ1) is 14.6. The molecule has 1 amide bonds. The standard InChI is InChI=1S/C10H22N2O2S/c1-7(15(5)14)6-12-9(13)8(11)10(2,3)4/h7-8H,6,11H2,1-5H3,(H,12,13)/t7?,8-,15?/m0/s1. The molecule has 0 bridgehead atoms. The zero-order valence-corrected chi connectivity index (χ0v) is 11.0. The van der Waals surface area contributed by atoms with Crippen LogP contribution in [-0.2, 0) is 15.6 Å². The van der Waals surface area contributed by atoms with E-state index in [1.807, 2.05) is 27.7 Å². The van der Waals surface area contributed by atoms with Gasteiger partial charge in [0.2, 0.25) is 5.91 Å². The Morgan fingerprint density at radius 2 is 1.93 bits per heavy atom. The smallest absolute Gasteiger partial charge is 0.237 e. The first-order chi connectivity index (χ1) is 6.66. The van der Waals surface area contributed by atoms with Crippen LogP contribution >= 0.6 is 0 Å². The van der Waals surface area contributed by atoms with E-state index in [-0.39, 0.29) is 16.6 Å². The van der Waals surface area contributed by atoms with Gasteiger partial charge in [-0.25, -0.2) is 0 Å². The zero-order valence-electron chi connectivity index (χ0n) is 10.2. The molecule has 0 rings (SSSR count). The molecule has 0 aliphatic heterocycles. The van der Waals surface area contributed by atoms with Crippen LogP contribution in [0, 0.1) is 5.41 Å². The van der Waals surface area contributed by atoms with E-state index in [0.717, 1.165) is 0 Å². The van der Waals surface area contributed by atoms with Gasteiger partial charge in [0.1, 0.15) is 0 Å². The molecule has 15 heavy (non-hydrogen) atoms. The van der Waals surface area contributed by atoms with Gasteiger partial charge in [0.05, 0.1) is 6.04 Å². The molecular formula is C10H22N2O2S. The van der Waals surface area contributed by atoms with Crippen molar-refractivity contribution in [1.29, 1.82) is 0 Å². The van der Waals surface area contributed by atoms with Gasteiger partial charge in [-0.3, -0.25) is 9.00 Å². The van der Waals surface area contributed by atoms with Crippen LogP contribution in [-0.4, -0.2) is 34.2 Å². The lowest BCUT2D eigenvalue weighted by Crippen LogP contribution is -2.50. The molecule has 5 heteroatoms. The monoisotopic (exact) mass is 234 g/mol. The topological polar surface area (TPSA) is 72.2 Å². The second-order valence-electron chi connectivity index (χ2n) is 4.90. The number of nitrogens with two attached hydrogens (primary N) is 1. The van der Waals surface area contributed by atoms with Gasteiger partial charge in [0.15, 0.2) is 0 Å². The fourth-order valence-electron chi connectivity index (χ4n) is 0.865. The van der Waals surface area contributed by atoms with Crippen molar-refractivity contribution in [2.75, 3.05) is 12.8 Å². The van der Waals surface area contributed by atoms with Crippen molar-refractivity contribution >= 4 is 16.7 Å². The van der Waals surface area contributed by atoms with E-state index in [9.17, 15) is 9.00 Å². The number of amides is 1. The fourth-order valence-corrected chi connectivity index (χ4v) is 1.18. The van der Waals surface area contributed by atoms with Gasteiger partial charge >= 0.3 is 0 Å². The van der Waals surface area contributed by atoms with Crippen molar-refractivity contribution in [1.82, 2.24) is 5.32 Å². The molecule has 3 atom stereocenters. The van der Waals surface area contributed by atoms with Crippen molar-refractivity contribution in [2.24, 2.45) is 11.1 Å². The molecule has 0 saturated carbocycles. The minimum absolute atomic E-state index is 0.0406. The second-order valence-corrected chi connectivity index (χ2v) is 6.70. The number of nitrogens with one attached hydrogen (secondary N) is 1. The van der Waals surface area contributed by atoms with Crippen molar-refractivity contribution in [3.8, 4) is 0 Å². The number of carbonyl (C=O) groups is 1. The summed E-state index contributed by atoms with van der Waals surface area (Å²) in [5.41, 5.74) is 5.52. The third kappa shape index (κ3) is 5.28. The third-order valence-corrected chi connectivity index (χ3v) is 3.65. The molecule has 0 fully saturated rings. The van der Waals surface area contributed by atoms with E-state index in [1.54, 1.807) is 6.26 Å². The van der Waals surface area contributed by atoms with E-state index in [0.29, 0.717) is 6.54 Å². The molecule has 0 aromatic carbocycles. The number of hydrogen-bond acceptors (Lipinski definition) is 3. The first-order valence-corrected chi connectivity index (χ1v) is 6.64. The summed E-state index contributed by atoms with van der Waals surface area (Å²) in [6.45, 7) is 7.99. The molecule has 0 aliphatic rings. The van der Waals surface area contributed by atoms with Crippen molar-refractivity contribution in [2.45, 2.75) is 39.0 Å². The van der Waals surface area contributed by atoms with Gasteiger partial charge in [-0.2, -0.15) is 0 Å². The zero-order chi connectivity index (χ0) is 12.2. The number of carbonyl (C=O) groups excluding carboxylic acids is 1. The van der Waals surface area contributed by atoms with Gasteiger partial charge in [-0.15, -0.1) is 0 Å². The number of hydrogen-bond donors (Lipinski definition) is 2. The van der Waals surface area contributed by atoms with Gasteiger partial charge < -0.3 is 11.1 Å². The molecule has 2 unspecified atom stereocenters.